The normalized spacial score (nSPS) is 10.5. The number of anilines is 1. The lowest BCUT2D eigenvalue weighted by Crippen LogP contribution is -2.19. The van der Waals surface area contributed by atoms with Gasteiger partial charge in [0.2, 0.25) is 11.1 Å². The van der Waals surface area contributed by atoms with E-state index in [-0.39, 0.29) is 16.8 Å². The van der Waals surface area contributed by atoms with Crippen LogP contribution in [-0.2, 0) is 6.54 Å². The number of halogens is 2. The third-order valence-electron chi connectivity index (χ3n) is 2.32. The lowest BCUT2D eigenvalue weighted by Gasteiger charge is -2.16. The number of aromatic nitrogens is 2. The van der Waals surface area contributed by atoms with Gasteiger partial charge in [0.1, 0.15) is 6.20 Å². The predicted octanol–water partition coefficient (Wildman–Crippen LogP) is 3.50. The Bertz CT molecular complexity index is 621. The van der Waals surface area contributed by atoms with Gasteiger partial charge in [-0.05, 0) is 44.5 Å². The molecule has 0 bridgehead atoms. The number of nitrogens with zero attached hydrogens (tertiary/aromatic N) is 4. The summed E-state index contributed by atoms with van der Waals surface area (Å²) < 4.78 is 1.01. The van der Waals surface area contributed by atoms with Crippen LogP contribution in [0.5, 0.6) is 0 Å². The number of nitro groups is 1. The molecule has 2 rings (SSSR count). The van der Waals surface area contributed by atoms with Crippen molar-refractivity contribution in [2.75, 3.05) is 11.9 Å². The van der Waals surface area contributed by atoms with Crippen molar-refractivity contribution in [2.45, 2.75) is 6.54 Å². The first-order valence-electron chi connectivity index (χ1n) is 5.08. The summed E-state index contributed by atoms with van der Waals surface area (Å²) in [4.78, 5) is 19.7. The first-order valence-corrected chi connectivity index (χ1v) is 7.13. The van der Waals surface area contributed by atoms with Crippen LogP contribution in [0.25, 0.3) is 0 Å². The van der Waals surface area contributed by atoms with Gasteiger partial charge in [-0.25, -0.2) is 4.98 Å². The van der Waals surface area contributed by atoms with Crippen LogP contribution in [0.4, 0.5) is 11.5 Å². The molecule has 0 atom stereocenters. The van der Waals surface area contributed by atoms with Crippen LogP contribution in [0.3, 0.4) is 0 Å². The maximum Gasteiger partial charge on any atom is 0.329 e. The van der Waals surface area contributed by atoms with Gasteiger partial charge in [0, 0.05) is 13.6 Å². The van der Waals surface area contributed by atoms with Gasteiger partial charge in [0.05, 0.1) is 8.71 Å². The Morgan fingerprint density at radius 1 is 1.63 bits per heavy atom. The van der Waals surface area contributed by atoms with Gasteiger partial charge in [-0.2, -0.15) is 4.98 Å². The van der Waals surface area contributed by atoms with Gasteiger partial charge >= 0.3 is 5.69 Å². The molecule has 0 aromatic carbocycles. The summed E-state index contributed by atoms with van der Waals surface area (Å²) >= 11 is 10.6. The molecule has 0 fully saturated rings. The number of hydrogen-bond donors (Lipinski definition) is 0. The Morgan fingerprint density at radius 3 is 2.95 bits per heavy atom. The number of thiophene rings is 1. The molecule has 100 valence electrons. The highest BCUT2D eigenvalue weighted by Gasteiger charge is 2.20. The Hall–Kier alpha value is -1.25. The van der Waals surface area contributed by atoms with Crippen LogP contribution in [0.2, 0.25) is 5.28 Å². The maximum absolute atomic E-state index is 10.9. The average Bonchev–Trinajstić information content (AvgIpc) is 2.74. The van der Waals surface area contributed by atoms with Crippen LogP contribution >= 0.6 is 38.9 Å². The molecule has 0 aliphatic rings. The zero-order valence-corrected chi connectivity index (χ0v) is 12.9. The van der Waals surface area contributed by atoms with E-state index in [0.29, 0.717) is 6.54 Å². The summed E-state index contributed by atoms with van der Waals surface area (Å²) in [5, 5.41) is 12.9. The highest BCUT2D eigenvalue weighted by molar-refractivity contribution is 9.11. The van der Waals surface area contributed by atoms with Crippen molar-refractivity contribution in [3.8, 4) is 0 Å². The second-order valence-corrected chi connectivity index (χ2v) is 6.35. The predicted molar refractivity (Wildman–Crippen MR) is 77.8 cm³/mol. The Labute approximate surface area is 126 Å². The van der Waals surface area contributed by atoms with E-state index in [1.807, 2.05) is 11.4 Å². The minimum atomic E-state index is -0.522. The lowest BCUT2D eigenvalue weighted by molar-refractivity contribution is -0.384. The summed E-state index contributed by atoms with van der Waals surface area (Å²) in [6.07, 6.45) is 1.12. The van der Waals surface area contributed by atoms with Crippen LogP contribution in [-0.4, -0.2) is 21.9 Å². The van der Waals surface area contributed by atoms with Crippen molar-refractivity contribution in [2.24, 2.45) is 0 Å². The van der Waals surface area contributed by atoms with Crippen molar-refractivity contribution in [1.82, 2.24) is 9.97 Å². The van der Waals surface area contributed by atoms with E-state index in [4.69, 9.17) is 11.6 Å². The Morgan fingerprint density at radius 2 is 2.37 bits per heavy atom. The van der Waals surface area contributed by atoms with E-state index in [1.54, 1.807) is 23.3 Å². The molecule has 2 aromatic heterocycles. The van der Waals surface area contributed by atoms with Crippen molar-refractivity contribution in [3.63, 3.8) is 0 Å². The Balaban J connectivity index is 2.29. The molecule has 0 spiro atoms. The molecule has 2 aromatic rings. The smallest absolute Gasteiger partial charge is 0.329 e. The molecule has 0 N–H and O–H groups in total. The lowest BCUT2D eigenvalue weighted by atomic mass is 10.3. The quantitative estimate of drug-likeness (QED) is 0.472. The van der Waals surface area contributed by atoms with E-state index >= 15 is 0 Å². The first-order chi connectivity index (χ1) is 8.97. The molecule has 0 saturated carbocycles. The van der Waals surface area contributed by atoms with E-state index in [1.165, 1.54) is 0 Å². The average molecular weight is 364 g/mol. The van der Waals surface area contributed by atoms with Gasteiger partial charge < -0.3 is 4.90 Å². The van der Waals surface area contributed by atoms with E-state index in [9.17, 15) is 10.1 Å². The van der Waals surface area contributed by atoms with Crippen LogP contribution < -0.4 is 4.90 Å². The number of hydrogen-bond acceptors (Lipinski definition) is 6. The summed E-state index contributed by atoms with van der Waals surface area (Å²) in [5.41, 5.74) is 0.865. The topological polar surface area (TPSA) is 72.2 Å². The van der Waals surface area contributed by atoms with E-state index in [0.717, 1.165) is 15.5 Å². The third-order valence-corrected chi connectivity index (χ3v) is 4.06. The largest absolute Gasteiger partial charge is 0.349 e. The first kappa shape index (κ1) is 14.2. The van der Waals surface area contributed by atoms with Crippen molar-refractivity contribution in [1.29, 1.82) is 0 Å². The van der Waals surface area contributed by atoms with Crippen LogP contribution in [0.1, 0.15) is 5.56 Å². The van der Waals surface area contributed by atoms with E-state index < -0.39 is 4.92 Å². The molecule has 0 amide bonds. The highest BCUT2D eigenvalue weighted by atomic mass is 79.9. The van der Waals surface area contributed by atoms with Crippen molar-refractivity contribution >= 4 is 50.4 Å². The second kappa shape index (κ2) is 5.81. The monoisotopic (exact) mass is 362 g/mol. The van der Waals surface area contributed by atoms with Gasteiger partial charge in [-0.15, -0.1) is 11.3 Å². The molecule has 9 heteroatoms. The van der Waals surface area contributed by atoms with Crippen molar-refractivity contribution < 1.29 is 4.92 Å². The standard InChI is InChI=1S/C10H8BrClN4O2S/c1-15(4-6-2-8(11)19-5-6)9-7(16(17)18)3-13-10(12)14-9/h2-3,5H,4H2,1H3. The molecule has 0 aliphatic heterocycles. The molecule has 0 radical (unpaired) electrons. The summed E-state index contributed by atoms with van der Waals surface area (Å²) in [6.45, 7) is 0.496. The zero-order chi connectivity index (χ0) is 14.0. The van der Waals surface area contributed by atoms with Crippen molar-refractivity contribution in [3.05, 3.63) is 42.4 Å². The minimum Gasteiger partial charge on any atom is -0.349 e. The fourth-order valence-corrected chi connectivity index (χ4v) is 2.86. The fourth-order valence-electron chi connectivity index (χ4n) is 1.53. The van der Waals surface area contributed by atoms with Gasteiger partial charge in [0.25, 0.3) is 0 Å². The fraction of sp³-hybridized carbons (Fsp3) is 0.200. The van der Waals surface area contributed by atoms with Crippen LogP contribution in [0, 0.1) is 10.1 Å². The Kier molecular flexibility index (Phi) is 4.33. The van der Waals surface area contributed by atoms with Gasteiger partial charge in [-0.3, -0.25) is 10.1 Å². The number of rotatable bonds is 4. The molecule has 0 saturated heterocycles. The highest BCUT2D eigenvalue weighted by Crippen LogP contribution is 2.28. The molecule has 19 heavy (non-hydrogen) atoms. The summed E-state index contributed by atoms with van der Waals surface area (Å²) in [6, 6.07) is 1.95. The summed E-state index contributed by atoms with van der Waals surface area (Å²) in [5.74, 6) is 0.201. The molecular weight excluding hydrogens is 356 g/mol. The molecular formula is C10H8BrClN4O2S. The van der Waals surface area contributed by atoms with Gasteiger partial charge in [-0.1, -0.05) is 0 Å². The summed E-state index contributed by atoms with van der Waals surface area (Å²) in [7, 11) is 1.72. The molecule has 0 unspecified atom stereocenters. The molecule has 2 heterocycles. The second-order valence-electron chi connectivity index (χ2n) is 3.72. The molecule has 0 aliphatic carbocycles. The SMILES string of the molecule is CN(Cc1csc(Br)c1)c1nc(Cl)ncc1[N+](=O)[O-]. The maximum atomic E-state index is 10.9. The van der Waals surface area contributed by atoms with E-state index in [2.05, 4.69) is 25.9 Å². The van der Waals surface area contributed by atoms with Gasteiger partial charge in [0.15, 0.2) is 0 Å². The van der Waals surface area contributed by atoms with Crippen LogP contribution in [0.15, 0.2) is 21.4 Å². The molecule has 6 nitrogen and oxygen atoms in total. The minimum absolute atomic E-state index is 0.0149. The zero-order valence-electron chi connectivity index (χ0n) is 9.71. The third kappa shape index (κ3) is 3.40.